The maximum atomic E-state index is 11.4. The lowest BCUT2D eigenvalue weighted by molar-refractivity contribution is -0.384. The van der Waals surface area contributed by atoms with Gasteiger partial charge in [0.05, 0.1) is 17.2 Å². The Kier molecular flexibility index (Phi) is 4.54. The minimum absolute atomic E-state index is 0.0914. The molecule has 7 heteroatoms. The van der Waals surface area contributed by atoms with E-state index in [4.69, 9.17) is 5.11 Å². The van der Waals surface area contributed by atoms with Crippen LogP contribution in [0.25, 0.3) is 0 Å². The van der Waals surface area contributed by atoms with Crippen molar-refractivity contribution in [2.24, 2.45) is 0 Å². The maximum absolute atomic E-state index is 11.4. The molecule has 1 aliphatic rings. The Hall–Kier alpha value is -2.41. The predicted molar refractivity (Wildman–Crippen MR) is 79.5 cm³/mol. The Morgan fingerprint density at radius 3 is 2.86 bits per heavy atom. The van der Waals surface area contributed by atoms with Crippen LogP contribution in [0.15, 0.2) is 24.8 Å². The van der Waals surface area contributed by atoms with Crippen molar-refractivity contribution in [1.82, 2.24) is 0 Å². The second kappa shape index (κ2) is 6.36. The third-order valence-electron chi connectivity index (χ3n) is 3.35. The molecule has 1 aromatic rings. The SMILES string of the molecule is C=CCN(CCO)c1cc2c(cc1[N+](=O)[O-])NC(=O)CC2. The van der Waals surface area contributed by atoms with E-state index in [-0.39, 0.29) is 24.7 Å². The summed E-state index contributed by atoms with van der Waals surface area (Å²) in [6.45, 7) is 4.19. The molecule has 112 valence electrons. The van der Waals surface area contributed by atoms with E-state index in [2.05, 4.69) is 11.9 Å². The number of carbonyl (C=O) groups excluding carboxylic acids is 1. The van der Waals surface area contributed by atoms with Gasteiger partial charge in [-0.25, -0.2) is 0 Å². The van der Waals surface area contributed by atoms with Crippen molar-refractivity contribution in [2.45, 2.75) is 12.8 Å². The standard InChI is InChI=1S/C14H17N3O4/c1-2-5-16(6-7-18)12-8-10-3-4-14(19)15-11(10)9-13(12)17(20)21/h2,8-9,18H,1,3-7H2,(H,15,19). The van der Waals surface area contributed by atoms with Crippen LogP contribution in [0.5, 0.6) is 0 Å². The molecule has 21 heavy (non-hydrogen) atoms. The summed E-state index contributed by atoms with van der Waals surface area (Å²) < 4.78 is 0. The average Bonchev–Trinajstić information content (AvgIpc) is 2.45. The number of benzene rings is 1. The van der Waals surface area contributed by atoms with Crippen molar-refractivity contribution in [3.63, 3.8) is 0 Å². The first kappa shape index (κ1) is 15.0. The quantitative estimate of drug-likeness (QED) is 0.470. The highest BCUT2D eigenvalue weighted by atomic mass is 16.6. The third-order valence-corrected chi connectivity index (χ3v) is 3.35. The second-order valence-corrected chi connectivity index (χ2v) is 4.76. The van der Waals surface area contributed by atoms with E-state index in [0.29, 0.717) is 30.8 Å². The second-order valence-electron chi connectivity index (χ2n) is 4.76. The van der Waals surface area contributed by atoms with Crippen LogP contribution in [0.2, 0.25) is 0 Å². The summed E-state index contributed by atoms with van der Waals surface area (Å²) in [5.74, 6) is -0.136. The molecule has 0 atom stereocenters. The smallest absolute Gasteiger partial charge is 0.294 e. The van der Waals surface area contributed by atoms with Gasteiger partial charge in [0.15, 0.2) is 0 Å². The number of nitrogens with one attached hydrogen (secondary N) is 1. The van der Waals surface area contributed by atoms with Gasteiger partial charge in [0.1, 0.15) is 5.69 Å². The number of aliphatic hydroxyl groups is 1. The van der Waals surface area contributed by atoms with Crippen molar-refractivity contribution in [3.05, 3.63) is 40.5 Å². The van der Waals surface area contributed by atoms with E-state index in [9.17, 15) is 14.9 Å². The van der Waals surface area contributed by atoms with Gasteiger partial charge in [-0.1, -0.05) is 6.08 Å². The van der Waals surface area contributed by atoms with Gasteiger partial charge >= 0.3 is 0 Å². The number of carbonyl (C=O) groups is 1. The van der Waals surface area contributed by atoms with Gasteiger partial charge in [0.2, 0.25) is 5.91 Å². The summed E-state index contributed by atoms with van der Waals surface area (Å²) in [6, 6.07) is 3.10. The van der Waals surface area contributed by atoms with Crippen LogP contribution in [0, 0.1) is 10.1 Å². The van der Waals surface area contributed by atoms with Gasteiger partial charge in [-0.05, 0) is 18.1 Å². The zero-order chi connectivity index (χ0) is 15.4. The van der Waals surface area contributed by atoms with Crippen molar-refractivity contribution < 1.29 is 14.8 Å². The molecule has 0 radical (unpaired) electrons. The molecule has 0 bridgehead atoms. The largest absolute Gasteiger partial charge is 0.395 e. The highest BCUT2D eigenvalue weighted by Gasteiger charge is 2.25. The highest BCUT2D eigenvalue weighted by molar-refractivity contribution is 5.95. The number of aryl methyl sites for hydroxylation is 1. The zero-order valence-electron chi connectivity index (χ0n) is 11.5. The Morgan fingerprint density at radius 1 is 1.48 bits per heavy atom. The molecular weight excluding hydrogens is 274 g/mol. The van der Waals surface area contributed by atoms with Gasteiger partial charge < -0.3 is 15.3 Å². The molecule has 0 unspecified atom stereocenters. The summed E-state index contributed by atoms with van der Waals surface area (Å²) in [7, 11) is 0. The van der Waals surface area contributed by atoms with Crippen LogP contribution in [-0.4, -0.2) is 35.6 Å². The maximum Gasteiger partial charge on any atom is 0.294 e. The molecule has 0 saturated heterocycles. The molecule has 2 rings (SSSR count). The Morgan fingerprint density at radius 2 is 2.24 bits per heavy atom. The Bertz CT molecular complexity index is 586. The Balaban J connectivity index is 2.50. The van der Waals surface area contributed by atoms with Crippen LogP contribution in [0.3, 0.4) is 0 Å². The molecule has 0 aromatic heterocycles. The van der Waals surface area contributed by atoms with Crippen molar-refractivity contribution in [2.75, 3.05) is 29.9 Å². The molecule has 1 amide bonds. The fourth-order valence-electron chi connectivity index (χ4n) is 2.39. The Labute approximate surface area is 122 Å². The lowest BCUT2D eigenvalue weighted by atomic mass is 10.0. The van der Waals surface area contributed by atoms with Crippen molar-refractivity contribution in [1.29, 1.82) is 0 Å². The summed E-state index contributed by atoms with van der Waals surface area (Å²) in [4.78, 5) is 23.9. The van der Waals surface area contributed by atoms with E-state index in [1.165, 1.54) is 6.07 Å². The van der Waals surface area contributed by atoms with Gasteiger partial charge in [0.25, 0.3) is 5.69 Å². The molecule has 0 aliphatic carbocycles. The van der Waals surface area contributed by atoms with Crippen molar-refractivity contribution in [3.8, 4) is 0 Å². The molecule has 0 saturated carbocycles. The zero-order valence-corrected chi connectivity index (χ0v) is 11.5. The van der Waals surface area contributed by atoms with E-state index >= 15 is 0 Å². The predicted octanol–water partition coefficient (Wildman–Crippen LogP) is 1.46. The summed E-state index contributed by atoms with van der Waals surface area (Å²) in [6.07, 6.45) is 2.54. The number of nitro groups is 1. The van der Waals surface area contributed by atoms with E-state index in [0.717, 1.165) is 5.56 Å². The minimum Gasteiger partial charge on any atom is -0.395 e. The number of nitrogens with zero attached hydrogens (tertiary/aromatic N) is 2. The summed E-state index contributed by atoms with van der Waals surface area (Å²) in [5.41, 5.74) is 1.70. The molecule has 7 nitrogen and oxygen atoms in total. The van der Waals surface area contributed by atoms with Crippen molar-refractivity contribution >= 4 is 23.0 Å². The van der Waals surface area contributed by atoms with Gasteiger partial charge in [0, 0.05) is 25.6 Å². The molecule has 1 aromatic carbocycles. The number of rotatable bonds is 6. The lowest BCUT2D eigenvalue weighted by Gasteiger charge is -2.25. The van der Waals surface area contributed by atoms with Gasteiger partial charge in [-0.2, -0.15) is 0 Å². The number of nitro benzene ring substituents is 1. The van der Waals surface area contributed by atoms with Crippen LogP contribution >= 0.6 is 0 Å². The fourth-order valence-corrected chi connectivity index (χ4v) is 2.39. The van der Waals surface area contributed by atoms with Crippen LogP contribution in [0.4, 0.5) is 17.1 Å². The highest BCUT2D eigenvalue weighted by Crippen LogP contribution is 2.36. The number of aliphatic hydroxyl groups excluding tert-OH is 1. The minimum atomic E-state index is -0.482. The molecule has 1 heterocycles. The number of hydrogen-bond acceptors (Lipinski definition) is 5. The van der Waals surface area contributed by atoms with E-state index in [1.54, 1.807) is 17.0 Å². The van der Waals surface area contributed by atoms with Crippen LogP contribution in [-0.2, 0) is 11.2 Å². The first-order valence-electron chi connectivity index (χ1n) is 6.64. The fraction of sp³-hybridized carbons (Fsp3) is 0.357. The summed E-state index contributed by atoms with van der Waals surface area (Å²) >= 11 is 0. The number of hydrogen-bond donors (Lipinski definition) is 2. The third kappa shape index (κ3) is 3.19. The normalized spacial score (nSPS) is 13.3. The number of amides is 1. The number of anilines is 2. The van der Waals surface area contributed by atoms with Gasteiger partial charge in [-0.15, -0.1) is 6.58 Å². The molecule has 1 aliphatic heterocycles. The monoisotopic (exact) mass is 291 g/mol. The molecule has 0 fully saturated rings. The molecule has 0 spiro atoms. The first-order chi connectivity index (χ1) is 10.1. The average molecular weight is 291 g/mol. The lowest BCUT2D eigenvalue weighted by Crippen LogP contribution is -2.28. The van der Waals surface area contributed by atoms with E-state index < -0.39 is 4.92 Å². The molecule has 2 N–H and O–H groups in total. The number of fused-ring (bicyclic) bond motifs is 1. The van der Waals surface area contributed by atoms with E-state index in [1.807, 2.05) is 0 Å². The van der Waals surface area contributed by atoms with Gasteiger partial charge in [-0.3, -0.25) is 14.9 Å². The topological polar surface area (TPSA) is 95.7 Å². The molecular formula is C14H17N3O4. The van der Waals surface area contributed by atoms with Crippen LogP contribution < -0.4 is 10.2 Å². The first-order valence-corrected chi connectivity index (χ1v) is 6.64. The van der Waals surface area contributed by atoms with Crippen LogP contribution in [0.1, 0.15) is 12.0 Å². The summed E-state index contributed by atoms with van der Waals surface area (Å²) in [5, 5.41) is 23.1.